The van der Waals surface area contributed by atoms with Gasteiger partial charge < -0.3 is 9.47 Å². The fourth-order valence-electron chi connectivity index (χ4n) is 2.07. The van der Waals surface area contributed by atoms with E-state index in [-0.39, 0.29) is 5.97 Å². The molecule has 1 rings (SSSR count). The van der Waals surface area contributed by atoms with Gasteiger partial charge in [0.05, 0.1) is 7.11 Å². The van der Waals surface area contributed by atoms with E-state index in [2.05, 4.69) is 37.7 Å². The van der Waals surface area contributed by atoms with Gasteiger partial charge in [0, 0.05) is 6.42 Å². The summed E-state index contributed by atoms with van der Waals surface area (Å²) < 4.78 is 10.4. The van der Waals surface area contributed by atoms with Crippen molar-refractivity contribution in [2.24, 2.45) is 0 Å². The van der Waals surface area contributed by atoms with Crippen molar-refractivity contribution in [3.05, 3.63) is 53.1 Å². The fraction of sp³-hybridized carbons (Fsp3) is 0.450. The Kier molecular flexibility index (Phi) is 8.81. The van der Waals surface area contributed by atoms with Gasteiger partial charge in [-0.3, -0.25) is 4.79 Å². The zero-order chi connectivity index (χ0) is 17.1. The number of carbonyl (C=O) groups is 1. The molecule has 0 aliphatic rings. The Hall–Kier alpha value is -2.03. The van der Waals surface area contributed by atoms with Crippen molar-refractivity contribution >= 4 is 5.97 Å². The summed E-state index contributed by atoms with van der Waals surface area (Å²) in [4.78, 5) is 11.1. The number of esters is 1. The highest BCUT2D eigenvalue weighted by molar-refractivity contribution is 5.69. The third-order valence-electron chi connectivity index (χ3n) is 3.54. The van der Waals surface area contributed by atoms with Gasteiger partial charge in [0.1, 0.15) is 12.4 Å². The lowest BCUT2D eigenvalue weighted by molar-refractivity contribution is -0.140. The van der Waals surface area contributed by atoms with Crippen LogP contribution < -0.4 is 4.74 Å². The Morgan fingerprint density at radius 1 is 1.04 bits per heavy atom. The molecule has 3 nitrogen and oxygen atoms in total. The van der Waals surface area contributed by atoms with Gasteiger partial charge in [-0.25, -0.2) is 0 Å². The Morgan fingerprint density at radius 3 is 2.35 bits per heavy atom. The minimum absolute atomic E-state index is 0.181. The molecule has 0 bridgehead atoms. The summed E-state index contributed by atoms with van der Waals surface area (Å²) in [5, 5.41) is 0. The van der Waals surface area contributed by atoms with Gasteiger partial charge in [0.15, 0.2) is 0 Å². The van der Waals surface area contributed by atoms with E-state index in [9.17, 15) is 4.79 Å². The quantitative estimate of drug-likeness (QED) is 0.482. The fourth-order valence-corrected chi connectivity index (χ4v) is 2.07. The summed E-state index contributed by atoms with van der Waals surface area (Å²) in [6.07, 6.45) is 7.64. The molecule has 0 unspecified atom stereocenters. The van der Waals surface area contributed by atoms with Crippen LogP contribution >= 0.6 is 0 Å². The summed E-state index contributed by atoms with van der Waals surface area (Å²) >= 11 is 0. The molecule has 23 heavy (non-hydrogen) atoms. The largest absolute Gasteiger partial charge is 0.490 e. The first-order chi connectivity index (χ1) is 11.0. The first kappa shape index (κ1) is 19.0. The third-order valence-corrected chi connectivity index (χ3v) is 3.54. The lowest BCUT2D eigenvalue weighted by atomic mass is 10.1. The van der Waals surface area contributed by atoms with E-state index in [1.54, 1.807) is 0 Å². The van der Waals surface area contributed by atoms with Crippen LogP contribution in [0.4, 0.5) is 0 Å². The maximum atomic E-state index is 11.1. The van der Waals surface area contributed by atoms with Crippen LogP contribution in [0.1, 0.15) is 45.6 Å². The zero-order valence-electron chi connectivity index (χ0n) is 14.7. The van der Waals surface area contributed by atoms with Gasteiger partial charge in [-0.15, -0.1) is 0 Å². The van der Waals surface area contributed by atoms with Crippen LogP contribution in [0.5, 0.6) is 5.75 Å². The van der Waals surface area contributed by atoms with E-state index in [0.717, 1.165) is 24.2 Å². The molecule has 0 spiro atoms. The molecule has 0 aromatic heterocycles. The molecule has 0 fully saturated rings. The van der Waals surface area contributed by atoms with E-state index in [1.807, 2.05) is 24.3 Å². The van der Waals surface area contributed by atoms with E-state index in [1.165, 1.54) is 18.3 Å². The van der Waals surface area contributed by atoms with Crippen molar-refractivity contribution in [3.63, 3.8) is 0 Å². The molecule has 0 radical (unpaired) electrons. The molecule has 0 atom stereocenters. The first-order valence-corrected chi connectivity index (χ1v) is 8.09. The number of hydrogen-bond acceptors (Lipinski definition) is 3. The van der Waals surface area contributed by atoms with Crippen molar-refractivity contribution in [1.82, 2.24) is 0 Å². The van der Waals surface area contributed by atoms with Gasteiger partial charge in [0.2, 0.25) is 0 Å². The number of methoxy groups -OCH3 is 1. The summed E-state index contributed by atoms with van der Waals surface area (Å²) in [5.74, 6) is 0.666. The van der Waals surface area contributed by atoms with E-state index < -0.39 is 0 Å². The molecule has 1 aromatic carbocycles. The van der Waals surface area contributed by atoms with Crippen LogP contribution in [0.2, 0.25) is 0 Å². The molecule has 0 aliphatic heterocycles. The van der Waals surface area contributed by atoms with Crippen LogP contribution in [-0.2, 0) is 16.0 Å². The normalized spacial score (nSPS) is 11.0. The molecular formula is C20H28O3. The zero-order valence-corrected chi connectivity index (χ0v) is 14.7. The Morgan fingerprint density at radius 2 is 1.74 bits per heavy atom. The highest BCUT2D eigenvalue weighted by Crippen LogP contribution is 2.14. The number of allylic oxidation sites excluding steroid dienone is 3. The topological polar surface area (TPSA) is 35.5 Å². The van der Waals surface area contributed by atoms with Crippen LogP contribution in [0.25, 0.3) is 0 Å². The number of carbonyl (C=O) groups excluding carboxylic acids is 1. The molecule has 0 saturated heterocycles. The summed E-state index contributed by atoms with van der Waals surface area (Å²) in [6.45, 7) is 6.97. The molecule has 3 heteroatoms. The molecule has 0 amide bonds. The van der Waals surface area contributed by atoms with E-state index in [0.29, 0.717) is 19.4 Å². The number of hydrogen-bond donors (Lipinski definition) is 0. The van der Waals surface area contributed by atoms with Gasteiger partial charge in [-0.05, 0) is 63.8 Å². The Labute approximate surface area is 140 Å². The van der Waals surface area contributed by atoms with Crippen molar-refractivity contribution in [2.45, 2.75) is 46.5 Å². The van der Waals surface area contributed by atoms with Crippen molar-refractivity contribution in [3.8, 4) is 5.75 Å². The van der Waals surface area contributed by atoms with Gasteiger partial charge in [-0.2, -0.15) is 0 Å². The molecule has 126 valence electrons. The number of aryl methyl sites for hydroxylation is 1. The summed E-state index contributed by atoms with van der Waals surface area (Å²) in [5.41, 5.74) is 3.81. The third kappa shape index (κ3) is 8.87. The van der Waals surface area contributed by atoms with Gasteiger partial charge >= 0.3 is 5.97 Å². The summed E-state index contributed by atoms with van der Waals surface area (Å²) in [6, 6.07) is 7.87. The van der Waals surface area contributed by atoms with Crippen LogP contribution in [-0.4, -0.2) is 19.7 Å². The van der Waals surface area contributed by atoms with Crippen molar-refractivity contribution in [1.29, 1.82) is 0 Å². The highest BCUT2D eigenvalue weighted by Gasteiger charge is 2.01. The van der Waals surface area contributed by atoms with E-state index >= 15 is 0 Å². The van der Waals surface area contributed by atoms with Gasteiger partial charge in [0.25, 0.3) is 0 Å². The molecule has 0 heterocycles. The summed E-state index contributed by atoms with van der Waals surface area (Å²) in [7, 11) is 1.41. The smallest absolute Gasteiger partial charge is 0.305 e. The average molecular weight is 316 g/mol. The second-order valence-electron chi connectivity index (χ2n) is 5.90. The number of rotatable bonds is 9. The van der Waals surface area contributed by atoms with Crippen LogP contribution in [0, 0.1) is 0 Å². The maximum absolute atomic E-state index is 11.1. The number of ether oxygens (including phenoxy) is 2. The monoisotopic (exact) mass is 316 g/mol. The predicted octanol–water partition coefficient (Wildman–Crippen LogP) is 4.86. The second kappa shape index (κ2) is 10.7. The highest BCUT2D eigenvalue weighted by atomic mass is 16.5. The molecular weight excluding hydrogens is 288 g/mol. The van der Waals surface area contributed by atoms with Crippen molar-refractivity contribution in [2.75, 3.05) is 13.7 Å². The predicted molar refractivity (Wildman–Crippen MR) is 94.7 cm³/mol. The lowest BCUT2D eigenvalue weighted by Gasteiger charge is -2.06. The standard InChI is InChI=1S/C20H28O3/c1-16(2)6-5-7-17(3)14-15-23-19-11-8-18(9-12-19)10-13-20(21)22-4/h6,8-9,11-12,14H,5,7,10,13,15H2,1-4H3. The van der Waals surface area contributed by atoms with E-state index in [4.69, 9.17) is 4.74 Å². The molecule has 1 aromatic rings. The lowest BCUT2D eigenvalue weighted by Crippen LogP contribution is -2.02. The average Bonchev–Trinajstić information content (AvgIpc) is 2.53. The van der Waals surface area contributed by atoms with Gasteiger partial charge in [-0.1, -0.05) is 29.4 Å². The maximum Gasteiger partial charge on any atom is 0.305 e. The minimum atomic E-state index is -0.181. The minimum Gasteiger partial charge on any atom is -0.490 e. The van der Waals surface area contributed by atoms with Crippen LogP contribution in [0.15, 0.2) is 47.6 Å². The molecule has 0 N–H and O–H groups in total. The second-order valence-corrected chi connectivity index (χ2v) is 5.90. The number of benzene rings is 1. The Balaban J connectivity index is 2.35. The molecule has 0 aliphatic carbocycles. The Bertz CT molecular complexity index is 535. The SMILES string of the molecule is COC(=O)CCc1ccc(OCC=C(C)CCC=C(C)C)cc1. The first-order valence-electron chi connectivity index (χ1n) is 8.09. The molecule has 0 saturated carbocycles. The van der Waals surface area contributed by atoms with Crippen molar-refractivity contribution < 1.29 is 14.3 Å². The van der Waals surface area contributed by atoms with Crippen LogP contribution in [0.3, 0.4) is 0 Å².